The smallest absolute Gasteiger partial charge is 0.237 e. The fraction of sp³-hybridized carbons (Fsp3) is 0.375. The van der Waals surface area contributed by atoms with Crippen LogP contribution in [-0.4, -0.2) is 45.9 Å². The summed E-state index contributed by atoms with van der Waals surface area (Å²) in [5, 5.41) is 16.4. The summed E-state index contributed by atoms with van der Waals surface area (Å²) >= 11 is 0. The lowest BCUT2D eigenvalue weighted by Crippen LogP contribution is -2.32. The summed E-state index contributed by atoms with van der Waals surface area (Å²) in [5.74, 6) is 1.26. The highest BCUT2D eigenvalue weighted by Gasteiger charge is 2.24. The number of ether oxygens (including phenoxy) is 1. The average Bonchev–Trinajstić information content (AvgIpc) is 2.79. The van der Waals surface area contributed by atoms with Crippen LogP contribution in [0.2, 0.25) is 0 Å². The third kappa shape index (κ3) is 4.18. The van der Waals surface area contributed by atoms with Crippen LogP contribution in [-0.2, 0) is 19.4 Å². The van der Waals surface area contributed by atoms with E-state index >= 15 is 0 Å². The van der Waals surface area contributed by atoms with E-state index in [1.165, 1.54) is 5.56 Å². The zero-order valence-electron chi connectivity index (χ0n) is 18.4. The molecule has 4 heterocycles. The van der Waals surface area contributed by atoms with Crippen LogP contribution >= 0.6 is 0 Å². The molecule has 3 aromatic rings. The largest absolute Gasteiger partial charge is 0.474 e. The van der Waals surface area contributed by atoms with Gasteiger partial charge in [0.15, 0.2) is 0 Å². The number of aliphatic hydroxyl groups excluding tert-OH is 1. The Bertz CT molecular complexity index is 1130. The molecule has 2 aliphatic rings. The molecule has 0 fully saturated rings. The Balaban J connectivity index is 1.36. The number of aliphatic hydroxyl groups is 1. The van der Waals surface area contributed by atoms with Crippen LogP contribution in [0.25, 0.3) is 0 Å². The van der Waals surface area contributed by atoms with Gasteiger partial charge in [-0.05, 0) is 49.9 Å². The Morgan fingerprint density at radius 3 is 3.06 bits per heavy atom. The van der Waals surface area contributed by atoms with Crippen molar-refractivity contribution in [2.24, 2.45) is 0 Å². The van der Waals surface area contributed by atoms with Crippen LogP contribution in [0.4, 0.5) is 23.0 Å². The van der Waals surface area contributed by atoms with E-state index in [0.717, 1.165) is 53.4 Å². The van der Waals surface area contributed by atoms with Crippen molar-refractivity contribution in [3.05, 3.63) is 59.0 Å². The van der Waals surface area contributed by atoms with E-state index in [2.05, 4.69) is 32.4 Å². The molecule has 8 nitrogen and oxygen atoms in total. The molecule has 5 rings (SSSR count). The Morgan fingerprint density at radius 2 is 2.19 bits per heavy atom. The molecule has 0 spiro atoms. The third-order valence-corrected chi connectivity index (χ3v) is 5.92. The molecule has 166 valence electrons. The molecule has 0 aliphatic carbocycles. The molecule has 0 saturated heterocycles. The molecule has 0 radical (unpaired) electrons. The van der Waals surface area contributed by atoms with Crippen molar-refractivity contribution >= 4 is 23.0 Å². The fourth-order valence-electron chi connectivity index (χ4n) is 4.34. The molecule has 0 amide bonds. The van der Waals surface area contributed by atoms with E-state index in [1.807, 2.05) is 36.7 Å². The van der Waals surface area contributed by atoms with Gasteiger partial charge in [-0.15, -0.1) is 0 Å². The maximum Gasteiger partial charge on any atom is 0.237 e. The van der Waals surface area contributed by atoms with Gasteiger partial charge in [-0.3, -0.25) is 0 Å². The van der Waals surface area contributed by atoms with Gasteiger partial charge in [0, 0.05) is 30.5 Å². The van der Waals surface area contributed by atoms with E-state index in [9.17, 15) is 5.11 Å². The number of nitrogens with zero attached hydrogens (tertiary/aromatic N) is 4. The maximum atomic E-state index is 9.66. The van der Waals surface area contributed by atoms with Crippen LogP contribution < -0.4 is 20.3 Å². The van der Waals surface area contributed by atoms with Crippen molar-refractivity contribution in [2.75, 3.05) is 35.2 Å². The highest BCUT2D eigenvalue weighted by atomic mass is 16.5. The van der Waals surface area contributed by atoms with Gasteiger partial charge in [0.05, 0.1) is 30.2 Å². The predicted octanol–water partition coefficient (Wildman–Crippen LogP) is 3.21. The first-order chi connectivity index (χ1) is 15.6. The van der Waals surface area contributed by atoms with Crippen molar-refractivity contribution in [1.82, 2.24) is 15.0 Å². The van der Waals surface area contributed by atoms with Gasteiger partial charge >= 0.3 is 0 Å². The fourth-order valence-corrected chi connectivity index (χ4v) is 4.34. The Labute approximate surface area is 187 Å². The minimum atomic E-state index is -0.375. The lowest BCUT2D eigenvalue weighted by Gasteiger charge is -2.32. The molecule has 1 unspecified atom stereocenters. The van der Waals surface area contributed by atoms with Crippen molar-refractivity contribution in [2.45, 2.75) is 39.3 Å². The summed E-state index contributed by atoms with van der Waals surface area (Å²) in [5.41, 5.74) is 7.43. The monoisotopic (exact) mass is 432 g/mol. The highest BCUT2D eigenvalue weighted by molar-refractivity contribution is 5.70. The van der Waals surface area contributed by atoms with Crippen LogP contribution in [0, 0.1) is 6.92 Å². The quantitative estimate of drug-likeness (QED) is 0.566. The minimum absolute atomic E-state index is 0.375. The molecular weight excluding hydrogens is 404 g/mol. The number of hydrogen-bond donors (Lipinski definition) is 3. The van der Waals surface area contributed by atoms with E-state index < -0.39 is 0 Å². The number of anilines is 4. The van der Waals surface area contributed by atoms with Gasteiger partial charge in [0.25, 0.3) is 0 Å². The number of rotatable bonds is 5. The number of fused-ring (bicyclic) bond motifs is 2. The summed E-state index contributed by atoms with van der Waals surface area (Å²) in [4.78, 5) is 16.2. The van der Waals surface area contributed by atoms with E-state index in [4.69, 9.17) is 9.72 Å². The molecule has 3 N–H and O–H groups in total. The van der Waals surface area contributed by atoms with Gasteiger partial charge in [0.2, 0.25) is 11.8 Å². The standard InChI is InChI=1S/C24H28N6O2/c1-15(31)10-17-4-3-5-19(11-17)28-24-27-12-18-6-8-30(14-20(18)29-24)21-13-26-23-22(16(21)2)25-7-9-32-23/h3-5,11-13,15,25,31H,6-10,14H2,1-2H3,(H,27,28,29). The van der Waals surface area contributed by atoms with Gasteiger partial charge in [-0.25, -0.2) is 15.0 Å². The van der Waals surface area contributed by atoms with Gasteiger partial charge < -0.3 is 25.4 Å². The number of hydrogen-bond acceptors (Lipinski definition) is 8. The molecule has 2 aromatic heterocycles. The second kappa shape index (κ2) is 8.63. The molecular formula is C24H28N6O2. The molecule has 0 bridgehead atoms. The third-order valence-electron chi connectivity index (χ3n) is 5.92. The Hall–Kier alpha value is -3.39. The maximum absolute atomic E-state index is 9.66. The zero-order valence-corrected chi connectivity index (χ0v) is 18.4. The molecule has 1 atom stereocenters. The predicted molar refractivity (Wildman–Crippen MR) is 125 cm³/mol. The van der Waals surface area contributed by atoms with Crippen LogP contribution in [0.3, 0.4) is 0 Å². The lowest BCUT2D eigenvalue weighted by molar-refractivity contribution is 0.195. The van der Waals surface area contributed by atoms with Crippen molar-refractivity contribution in [1.29, 1.82) is 0 Å². The van der Waals surface area contributed by atoms with Gasteiger partial charge in [0.1, 0.15) is 12.3 Å². The van der Waals surface area contributed by atoms with Crippen LogP contribution in [0.5, 0.6) is 5.88 Å². The zero-order chi connectivity index (χ0) is 22.1. The first-order valence-corrected chi connectivity index (χ1v) is 11.1. The number of aromatic nitrogens is 3. The SMILES string of the molecule is Cc1c(N2CCc3cnc(Nc4cccc(CC(C)O)c4)nc3C2)cnc2c1NCCO2. The first-order valence-electron chi connectivity index (χ1n) is 11.1. The summed E-state index contributed by atoms with van der Waals surface area (Å²) in [7, 11) is 0. The number of nitrogens with one attached hydrogen (secondary N) is 2. The first kappa shape index (κ1) is 20.5. The summed E-state index contributed by atoms with van der Waals surface area (Å²) in [6.45, 7) is 6.94. The van der Waals surface area contributed by atoms with Crippen LogP contribution in [0.15, 0.2) is 36.7 Å². The van der Waals surface area contributed by atoms with E-state index in [-0.39, 0.29) is 6.10 Å². The number of benzene rings is 1. The highest BCUT2D eigenvalue weighted by Crippen LogP contribution is 2.36. The van der Waals surface area contributed by atoms with E-state index in [0.29, 0.717) is 31.4 Å². The molecule has 1 aromatic carbocycles. The van der Waals surface area contributed by atoms with Gasteiger partial charge in [-0.2, -0.15) is 0 Å². The summed E-state index contributed by atoms with van der Waals surface area (Å²) in [6.07, 6.45) is 4.96. The Morgan fingerprint density at radius 1 is 1.28 bits per heavy atom. The topological polar surface area (TPSA) is 95.4 Å². The van der Waals surface area contributed by atoms with Crippen molar-refractivity contribution in [3.63, 3.8) is 0 Å². The van der Waals surface area contributed by atoms with E-state index in [1.54, 1.807) is 6.92 Å². The second-order valence-corrected chi connectivity index (χ2v) is 8.44. The van der Waals surface area contributed by atoms with Crippen molar-refractivity contribution < 1.29 is 9.84 Å². The Kier molecular flexibility index (Phi) is 5.53. The van der Waals surface area contributed by atoms with Gasteiger partial charge in [-0.1, -0.05) is 12.1 Å². The second-order valence-electron chi connectivity index (χ2n) is 8.44. The molecule has 8 heteroatoms. The summed E-state index contributed by atoms with van der Waals surface area (Å²) in [6, 6.07) is 8.00. The lowest BCUT2D eigenvalue weighted by atomic mass is 10.0. The summed E-state index contributed by atoms with van der Waals surface area (Å²) < 4.78 is 5.67. The van der Waals surface area contributed by atoms with Crippen molar-refractivity contribution in [3.8, 4) is 5.88 Å². The average molecular weight is 433 g/mol. The molecule has 2 aliphatic heterocycles. The minimum Gasteiger partial charge on any atom is -0.474 e. The number of pyridine rings is 1. The molecule has 32 heavy (non-hydrogen) atoms. The molecule has 0 saturated carbocycles. The normalized spacial score (nSPS) is 15.8. The van der Waals surface area contributed by atoms with Crippen LogP contribution in [0.1, 0.15) is 29.3 Å².